The van der Waals surface area contributed by atoms with Crippen molar-refractivity contribution >= 4 is 23.6 Å². The number of hydrogen-bond acceptors (Lipinski definition) is 4. The van der Waals surface area contributed by atoms with Crippen molar-refractivity contribution in [3.63, 3.8) is 0 Å². The fourth-order valence-corrected chi connectivity index (χ4v) is 1.29. The highest BCUT2D eigenvalue weighted by atomic mass is 16.5. The van der Waals surface area contributed by atoms with Gasteiger partial charge in [0.05, 0.1) is 6.61 Å². The summed E-state index contributed by atoms with van der Waals surface area (Å²) in [5, 5.41) is 11.1. The van der Waals surface area contributed by atoms with Crippen LogP contribution in [0.25, 0.3) is 6.08 Å². The molecule has 0 saturated heterocycles. The molecule has 19 heavy (non-hydrogen) atoms. The third kappa shape index (κ3) is 6.35. The Morgan fingerprint density at radius 1 is 1.32 bits per heavy atom. The molecule has 6 nitrogen and oxygen atoms in total. The summed E-state index contributed by atoms with van der Waals surface area (Å²) >= 11 is 0. The Morgan fingerprint density at radius 3 is 2.58 bits per heavy atom. The second-order valence-electron chi connectivity index (χ2n) is 3.68. The monoisotopic (exact) mass is 264 g/mol. The molecule has 0 bridgehead atoms. The number of carbonyl (C=O) groups is 2. The lowest BCUT2D eigenvalue weighted by Gasteiger charge is -2.05. The molecular formula is C13H16N2O4. The Kier molecular flexibility index (Phi) is 6.28. The fraction of sp³-hybridized carbons (Fsp3) is 0.231. The molecular weight excluding hydrogens is 248 g/mol. The molecule has 6 heteroatoms. The molecule has 0 aliphatic rings. The molecule has 1 aromatic carbocycles. The van der Waals surface area contributed by atoms with Gasteiger partial charge < -0.3 is 20.9 Å². The van der Waals surface area contributed by atoms with E-state index in [1.54, 1.807) is 24.3 Å². The first-order valence-electron chi connectivity index (χ1n) is 5.70. The molecule has 4 N–H and O–H groups in total. The van der Waals surface area contributed by atoms with E-state index in [0.29, 0.717) is 18.8 Å². The van der Waals surface area contributed by atoms with Gasteiger partial charge >= 0.3 is 5.97 Å². The van der Waals surface area contributed by atoms with Crippen LogP contribution in [0.1, 0.15) is 5.56 Å². The van der Waals surface area contributed by atoms with Gasteiger partial charge in [-0.1, -0.05) is 12.1 Å². The van der Waals surface area contributed by atoms with E-state index < -0.39 is 5.97 Å². The molecule has 1 rings (SSSR count). The van der Waals surface area contributed by atoms with Crippen LogP contribution in [0.4, 0.5) is 5.69 Å². The lowest BCUT2D eigenvalue weighted by Crippen LogP contribution is -2.20. The third-order valence-corrected chi connectivity index (χ3v) is 2.11. The van der Waals surface area contributed by atoms with Gasteiger partial charge in [0.2, 0.25) is 5.91 Å². The minimum absolute atomic E-state index is 0.0438. The second-order valence-corrected chi connectivity index (χ2v) is 3.68. The minimum atomic E-state index is -1.01. The number of aliphatic carboxylic acids is 1. The average molecular weight is 264 g/mol. The first-order valence-corrected chi connectivity index (χ1v) is 5.70. The second kappa shape index (κ2) is 8.02. The van der Waals surface area contributed by atoms with Crippen molar-refractivity contribution in [2.45, 2.75) is 0 Å². The minimum Gasteiger partial charge on any atom is -0.478 e. The van der Waals surface area contributed by atoms with Crippen LogP contribution in [-0.4, -0.2) is 36.7 Å². The standard InChI is InChI=1S/C13H16N2O4/c14-7-8-19-9-12(16)15-11-4-1-10(2-5-11)3-6-13(17)18/h1-6H,7-9,14H2,(H,15,16)(H,17,18)/b6-3+. The highest BCUT2D eigenvalue weighted by Gasteiger charge is 2.01. The molecule has 0 atom stereocenters. The topological polar surface area (TPSA) is 102 Å². The van der Waals surface area contributed by atoms with Crippen molar-refractivity contribution in [3.05, 3.63) is 35.9 Å². The molecule has 0 aliphatic heterocycles. The van der Waals surface area contributed by atoms with Gasteiger partial charge in [0.25, 0.3) is 0 Å². The number of carbonyl (C=O) groups excluding carboxylic acids is 1. The number of rotatable bonds is 7. The first-order chi connectivity index (χ1) is 9.11. The number of amides is 1. The third-order valence-electron chi connectivity index (χ3n) is 2.11. The maximum absolute atomic E-state index is 11.4. The van der Waals surface area contributed by atoms with Crippen molar-refractivity contribution in [2.75, 3.05) is 25.1 Å². The molecule has 0 radical (unpaired) electrons. The van der Waals surface area contributed by atoms with Crippen molar-refractivity contribution < 1.29 is 19.4 Å². The molecule has 1 amide bonds. The summed E-state index contributed by atoms with van der Waals surface area (Å²) in [4.78, 5) is 21.8. The fourth-order valence-electron chi connectivity index (χ4n) is 1.29. The molecule has 0 unspecified atom stereocenters. The van der Waals surface area contributed by atoms with E-state index in [9.17, 15) is 9.59 Å². The van der Waals surface area contributed by atoms with Crippen LogP contribution >= 0.6 is 0 Å². The zero-order valence-electron chi connectivity index (χ0n) is 10.3. The number of nitrogens with two attached hydrogens (primary N) is 1. The van der Waals surface area contributed by atoms with Crippen LogP contribution in [-0.2, 0) is 14.3 Å². The molecule has 0 heterocycles. The van der Waals surface area contributed by atoms with E-state index in [1.807, 2.05) is 0 Å². The molecule has 0 fully saturated rings. The molecule has 0 saturated carbocycles. The average Bonchev–Trinajstić information content (AvgIpc) is 2.38. The zero-order valence-corrected chi connectivity index (χ0v) is 10.3. The summed E-state index contributed by atoms with van der Waals surface area (Å²) in [7, 11) is 0. The summed E-state index contributed by atoms with van der Waals surface area (Å²) in [6, 6.07) is 6.77. The molecule has 0 aromatic heterocycles. The van der Waals surface area contributed by atoms with Crippen molar-refractivity contribution in [1.29, 1.82) is 0 Å². The van der Waals surface area contributed by atoms with Gasteiger partial charge in [0, 0.05) is 18.3 Å². The van der Waals surface area contributed by atoms with Crippen LogP contribution in [0.15, 0.2) is 30.3 Å². The number of benzene rings is 1. The van der Waals surface area contributed by atoms with Gasteiger partial charge in [-0.2, -0.15) is 0 Å². The summed E-state index contributed by atoms with van der Waals surface area (Å²) in [5.41, 5.74) is 6.58. The number of nitrogens with one attached hydrogen (secondary N) is 1. The maximum Gasteiger partial charge on any atom is 0.328 e. The van der Waals surface area contributed by atoms with Crippen molar-refractivity contribution in [3.8, 4) is 0 Å². The number of carboxylic acids is 1. The summed E-state index contributed by atoms with van der Waals surface area (Å²) < 4.78 is 4.99. The summed E-state index contributed by atoms with van der Waals surface area (Å²) in [6.07, 6.45) is 2.52. The largest absolute Gasteiger partial charge is 0.478 e. The van der Waals surface area contributed by atoms with E-state index in [4.69, 9.17) is 15.6 Å². The van der Waals surface area contributed by atoms with Gasteiger partial charge in [-0.15, -0.1) is 0 Å². The predicted molar refractivity (Wildman–Crippen MR) is 71.6 cm³/mol. The van der Waals surface area contributed by atoms with E-state index >= 15 is 0 Å². The Hall–Kier alpha value is -2.18. The van der Waals surface area contributed by atoms with Crippen LogP contribution in [0.5, 0.6) is 0 Å². The smallest absolute Gasteiger partial charge is 0.328 e. The van der Waals surface area contributed by atoms with Crippen molar-refractivity contribution in [1.82, 2.24) is 0 Å². The van der Waals surface area contributed by atoms with E-state index in [-0.39, 0.29) is 12.5 Å². The van der Waals surface area contributed by atoms with E-state index in [0.717, 1.165) is 11.6 Å². The summed E-state index contributed by atoms with van der Waals surface area (Å²) in [6.45, 7) is 0.669. The van der Waals surface area contributed by atoms with Gasteiger partial charge in [-0.05, 0) is 23.8 Å². The molecule has 0 aliphatic carbocycles. The SMILES string of the molecule is NCCOCC(=O)Nc1ccc(/C=C/C(=O)O)cc1. The van der Waals surface area contributed by atoms with Crippen LogP contribution in [0.2, 0.25) is 0 Å². The van der Waals surface area contributed by atoms with Crippen LogP contribution in [0, 0.1) is 0 Å². The van der Waals surface area contributed by atoms with Gasteiger partial charge in [-0.25, -0.2) is 4.79 Å². The molecule has 0 spiro atoms. The van der Waals surface area contributed by atoms with E-state index in [1.165, 1.54) is 6.08 Å². The lowest BCUT2D eigenvalue weighted by molar-refractivity contribution is -0.131. The Balaban J connectivity index is 2.47. The Morgan fingerprint density at radius 2 is 2.00 bits per heavy atom. The number of ether oxygens (including phenoxy) is 1. The lowest BCUT2D eigenvalue weighted by atomic mass is 10.2. The van der Waals surface area contributed by atoms with Crippen LogP contribution in [0.3, 0.4) is 0 Å². The van der Waals surface area contributed by atoms with Gasteiger partial charge in [0.1, 0.15) is 6.61 Å². The van der Waals surface area contributed by atoms with Gasteiger partial charge in [0.15, 0.2) is 0 Å². The number of hydrogen-bond donors (Lipinski definition) is 3. The van der Waals surface area contributed by atoms with Crippen LogP contribution < -0.4 is 11.1 Å². The highest BCUT2D eigenvalue weighted by Crippen LogP contribution is 2.10. The Labute approximate surface area is 110 Å². The first kappa shape index (κ1) is 14.9. The predicted octanol–water partition coefficient (Wildman–Crippen LogP) is 0.698. The number of anilines is 1. The summed E-state index contributed by atoms with van der Waals surface area (Å²) in [5.74, 6) is -1.27. The van der Waals surface area contributed by atoms with Gasteiger partial charge in [-0.3, -0.25) is 4.79 Å². The highest BCUT2D eigenvalue weighted by molar-refractivity contribution is 5.92. The normalized spacial score (nSPS) is 10.6. The quantitative estimate of drug-likeness (QED) is 0.497. The number of carboxylic acid groups (broad SMARTS) is 1. The van der Waals surface area contributed by atoms with Crippen molar-refractivity contribution in [2.24, 2.45) is 5.73 Å². The maximum atomic E-state index is 11.4. The van der Waals surface area contributed by atoms with E-state index in [2.05, 4.69) is 5.32 Å². The molecule has 102 valence electrons. The zero-order chi connectivity index (χ0) is 14.1. The Bertz CT molecular complexity index is 454. The molecule has 1 aromatic rings.